The van der Waals surface area contributed by atoms with Gasteiger partial charge in [-0.05, 0) is 31.9 Å². The van der Waals surface area contributed by atoms with Gasteiger partial charge in [0.25, 0.3) is 0 Å². The summed E-state index contributed by atoms with van der Waals surface area (Å²) in [5.74, 6) is 1.02. The lowest BCUT2D eigenvalue weighted by atomic mass is 10.0. The lowest BCUT2D eigenvalue weighted by Gasteiger charge is -2.23. The van der Waals surface area contributed by atoms with Gasteiger partial charge in [-0.15, -0.1) is 0 Å². The van der Waals surface area contributed by atoms with Gasteiger partial charge in [-0.1, -0.05) is 18.2 Å². The fourth-order valence-electron chi connectivity index (χ4n) is 3.16. The average molecular weight is 358 g/mol. The van der Waals surface area contributed by atoms with Crippen molar-refractivity contribution in [2.75, 3.05) is 20.2 Å². The predicted octanol–water partition coefficient (Wildman–Crippen LogP) is 2.69. The number of nitrogens with one attached hydrogen (secondary N) is 1. The molecule has 1 amide bonds. The number of likely N-dealkylation sites (N-methyl/N-ethyl adjacent to an activating group) is 1. The highest BCUT2D eigenvalue weighted by atomic mass is 19.1. The Morgan fingerprint density at radius 3 is 2.92 bits per heavy atom. The molecule has 0 saturated carbocycles. The van der Waals surface area contributed by atoms with E-state index in [4.69, 9.17) is 4.74 Å². The molecule has 1 aromatic heterocycles. The second kappa shape index (κ2) is 7.78. The van der Waals surface area contributed by atoms with Crippen LogP contribution in [0.3, 0.4) is 0 Å². The molecule has 1 aliphatic heterocycles. The van der Waals surface area contributed by atoms with Crippen molar-refractivity contribution in [3.63, 3.8) is 0 Å². The summed E-state index contributed by atoms with van der Waals surface area (Å²) in [5.41, 5.74) is 1.02. The van der Waals surface area contributed by atoms with Gasteiger partial charge in [-0.25, -0.2) is 9.37 Å². The highest BCUT2D eigenvalue weighted by molar-refractivity contribution is 5.94. The molecular weight excluding hydrogens is 335 g/mol. The molecule has 0 bridgehead atoms. The normalized spacial score (nSPS) is 20.4. The third-order valence-electron chi connectivity index (χ3n) is 4.62. The zero-order chi connectivity index (χ0) is 18.7. The topological polar surface area (TPSA) is 71.1 Å². The van der Waals surface area contributed by atoms with Crippen molar-refractivity contribution in [1.29, 1.82) is 0 Å². The van der Waals surface area contributed by atoms with Crippen molar-refractivity contribution in [2.24, 2.45) is 0 Å². The molecule has 1 aromatic carbocycles. The number of H-pyrrole nitrogens is 1. The van der Waals surface area contributed by atoms with E-state index in [1.807, 2.05) is 6.92 Å². The highest BCUT2D eigenvalue weighted by Gasteiger charge is 2.33. The van der Waals surface area contributed by atoms with Crippen LogP contribution in [0.25, 0.3) is 5.57 Å². The van der Waals surface area contributed by atoms with Gasteiger partial charge in [0.2, 0.25) is 5.91 Å². The number of amides is 1. The average Bonchev–Trinajstić information content (AvgIpc) is 3.23. The van der Waals surface area contributed by atoms with Crippen LogP contribution in [0, 0.1) is 12.7 Å². The minimum atomic E-state index is -0.337. The molecule has 138 valence electrons. The van der Waals surface area contributed by atoms with Crippen LogP contribution in [0.5, 0.6) is 0 Å². The van der Waals surface area contributed by atoms with Crippen molar-refractivity contribution >= 4 is 11.5 Å². The van der Waals surface area contributed by atoms with E-state index >= 15 is 0 Å². The second-order valence-electron chi connectivity index (χ2n) is 6.61. The molecule has 0 unspecified atom stereocenters. The Morgan fingerprint density at radius 1 is 1.46 bits per heavy atom. The summed E-state index contributed by atoms with van der Waals surface area (Å²) in [6.45, 7) is 4.63. The minimum Gasteiger partial charge on any atom is -0.376 e. The Labute approximate surface area is 152 Å². The monoisotopic (exact) mass is 358 g/mol. The first-order valence-corrected chi connectivity index (χ1v) is 8.64. The standard InChI is InChI=1S/C19H23FN4O2/c1-12(14-6-4-5-7-16(14)20)10-18(25)24(3)11-17-15(8-9-26-17)19-21-13(2)22-23-19/h4-7,10,15,17H,8-9,11H2,1-3H3,(H,21,22,23)/b12-10+/t15-,17-/m1/s1. The number of aryl methyl sites for hydroxylation is 1. The molecule has 6 nitrogen and oxygen atoms in total. The number of carbonyl (C=O) groups is 1. The Bertz CT molecular complexity index is 817. The molecule has 1 fully saturated rings. The number of aromatic amines is 1. The van der Waals surface area contributed by atoms with E-state index in [-0.39, 0.29) is 23.7 Å². The van der Waals surface area contributed by atoms with Crippen LogP contribution < -0.4 is 0 Å². The number of hydrogen-bond acceptors (Lipinski definition) is 4. The molecule has 26 heavy (non-hydrogen) atoms. The van der Waals surface area contributed by atoms with Crippen LogP contribution in [0.15, 0.2) is 30.3 Å². The summed E-state index contributed by atoms with van der Waals surface area (Å²) in [6.07, 6.45) is 2.13. The largest absolute Gasteiger partial charge is 0.376 e. The fraction of sp³-hybridized carbons (Fsp3) is 0.421. The molecule has 2 heterocycles. The Morgan fingerprint density at radius 2 is 2.23 bits per heavy atom. The summed E-state index contributed by atoms with van der Waals surface area (Å²) < 4.78 is 19.6. The fourth-order valence-corrected chi connectivity index (χ4v) is 3.16. The quantitative estimate of drug-likeness (QED) is 0.834. The Hall–Kier alpha value is -2.54. The summed E-state index contributed by atoms with van der Waals surface area (Å²) in [7, 11) is 1.72. The lowest BCUT2D eigenvalue weighted by molar-refractivity contribution is -0.126. The Balaban J connectivity index is 1.67. The zero-order valence-electron chi connectivity index (χ0n) is 15.2. The van der Waals surface area contributed by atoms with E-state index in [0.717, 1.165) is 18.1 Å². The zero-order valence-corrected chi connectivity index (χ0v) is 15.2. The first-order chi connectivity index (χ1) is 12.5. The van der Waals surface area contributed by atoms with Gasteiger partial charge >= 0.3 is 0 Å². The number of allylic oxidation sites excluding steroid dienone is 1. The maximum Gasteiger partial charge on any atom is 0.246 e. The van der Waals surface area contributed by atoms with Crippen LogP contribution >= 0.6 is 0 Å². The molecule has 1 N–H and O–H groups in total. The Kier molecular flexibility index (Phi) is 5.46. The van der Waals surface area contributed by atoms with Crippen molar-refractivity contribution in [3.05, 3.63) is 53.4 Å². The van der Waals surface area contributed by atoms with Crippen molar-refractivity contribution in [2.45, 2.75) is 32.3 Å². The van der Waals surface area contributed by atoms with Gasteiger partial charge in [0, 0.05) is 31.8 Å². The van der Waals surface area contributed by atoms with Crippen LogP contribution in [-0.4, -0.2) is 52.3 Å². The molecule has 1 aliphatic rings. The number of nitrogens with zero attached hydrogens (tertiary/aromatic N) is 3. The summed E-state index contributed by atoms with van der Waals surface area (Å²) in [4.78, 5) is 18.5. The molecule has 2 atom stereocenters. The van der Waals surface area contributed by atoms with Gasteiger partial charge in [-0.2, -0.15) is 5.10 Å². The lowest BCUT2D eigenvalue weighted by Crippen LogP contribution is -2.35. The van der Waals surface area contributed by atoms with E-state index in [1.165, 1.54) is 12.1 Å². The van der Waals surface area contributed by atoms with E-state index in [0.29, 0.717) is 24.3 Å². The predicted molar refractivity (Wildman–Crippen MR) is 95.9 cm³/mol. The van der Waals surface area contributed by atoms with E-state index in [2.05, 4.69) is 15.2 Å². The number of aromatic nitrogens is 3. The second-order valence-corrected chi connectivity index (χ2v) is 6.61. The minimum absolute atomic E-state index is 0.0619. The van der Waals surface area contributed by atoms with Crippen molar-refractivity contribution < 1.29 is 13.9 Å². The smallest absolute Gasteiger partial charge is 0.246 e. The number of benzene rings is 1. The number of halogens is 1. The summed E-state index contributed by atoms with van der Waals surface area (Å²) in [6, 6.07) is 6.43. The summed E-state index contributed by atoms with van der Waals surface area (Å²) in [5, 5.41) is 7.07. The molecule has 0 radical (unpaired) electrons. The molecule has 1 saturated heterocycles. The molecule has 7 heteroatoms. The third kappa shape index (κ3) is 3.99. The van der Waals surface area contributed by atoms with Gasteiger partial charge in [0.15, 0.2) is 5.82 Å². The van der Waals surface area contributed by atoms with Gasteiger partial charge < -0.3 is 9.64 Å². The van der Waals surface area contributed by atoms with Crippen molar-refractivity contribution in [1.82, 2.24) is 20.1 Å². The molecule has 3 rings (SSSR count). The maximum atomic E-state index is 13.9. The molecule has 2 aromatic rings. The molecular formula is C19H23FN4O2. The van der Waals surface area contributed by atoms with Gasteiger partial charge in [0.1, 0.15) is 11.6 Å². The van der Waals surface area contributed by atoms with Crippen molar-refractivity contribution in [3.8, 4) is 0 Å². The number of ether oxygens (including phenoxy) is 1. The van der Waals surface area contributed by atoms with Crippen LogP contribution in [0.2, 0.25) is 0 Å². The van der Waals surface area contributed by atoms with Crippen LogP contribution in [-0.2, 0) is 9.53 Å². The van der Waals surface area contributed by atoms with E-state index in [1.54, 1.807) is 37.1 Å². The van der Waals surface area contributed by atoms with Crippen LogP contribution in [0.4, 0.5) is 4.39 Å². The van der Waals surface area contributed by atoms with Gasteiger partial charge in [-0.3, -0.25) is 9.89 Å². The first-order valence-electron chi connectivity index (χ1n) is 8.64. The van der Waals surface area contributed by atoms with Crippen LogP contribution in [0.1, 0.15) is 36.5 Å². The molecule has 0 aliphatic carbocycles. The van der Waals surface area contributed by atoms with Gasteiger partial charge in [0.05, 0.1) is 12.0 Å². The summed E-state index contributed by atoms with van der Waals surface area (Å²) >= 11 is 0. The molecule has 0 spiro atoms. The number of carbonyl (C=O) groups excluding carboxylic acids is 1. The highest BCUT2D eigenvalue weighted by Crippen LogP contribution is 2.29. The number of hydrogen-bond donors (Lipinski definition) is 1. The van der Waals surface area contributed by atoms with E-state index < -0.39 is 0 Å². The third-order valence-corrected chi connectivity index (χ3v) is 4.62. The first kappa shape index (κ1) is 18.3. The number of rotatable bonds is 5. The van der Waals surface area contributed by atoms with E-state index in [9.17, 15) is 9.18 Å². The maximum absolute atomic E-state index is 13.9. The SMILES string of the molecule is C/C(=C\C(=O)N(C)C[C@H]1OCC[C@H]1c1n[nH]c(C)n1)c1ccccc1F.